The fraction of sp³-hybridized carbons (Fsp3) is 0.600. The molecule has 2 aliphatic rings. The number of carbonyl (C=O) groups is 2. The van der Waals surface area contributed by atoms with Crippen molar-refractivity contribution in [3.8, 4) is 0 Å². The van der Waals surface area contributed by atoms with Gasteiger partial charge in [0.05, 0.1) is 0 Å². The summed E-state index contributed by atoms with van der Waals surface area (Å²) in [5.74, 6) is 0.709. The molecule has 1 unspecified atom stereocenters. The van der Waals surface area contributed by atoms with E-state index in [0.29, 0.717) is 18.8 Å². The summed E-state index contributed by atoms with van der Waals surface area (Å²) in [6.07, 6.45) is 3.73. The molecule has 0 aromatic carbocycles. The lowest BCUT2D eigenvalue weighted by molar-refractivity contribution is -0.119. The molecule has 0 radical (unpaired) electrons. The topological polar surface area (TPSA) is 58.2 Å². The van der Waals surface area contributed by atoms with Gasteiger partial charge in [-0.15, -0.1) is 0 Å². The maximum Gasteiger partial charge on any atom is 0.220 e. The van der Waals surface area contributed by atoms with Crippen LogP contribution in [0, 0.1) is 5.92 Å². The molecule has 1 amide bonds. The molecule has 1 aliphatic carbocycles. The summed E-state index contributed by atoms with van der Waals surface area (Å²) in [7, 11) is 0. The van der Waals surface area contributed by atoms with Gasteiger partial charge < -0.3 is 10.6 Å². The smallest absolute Gasteiger partial charge is 0.220 e. The van der Waals surface area contributed by atoms with Crippen molar-refractivity contribution in [1.29, 1.82) is 0 Å². The van der Waals surface area contributed by atoms with Crippen molar-refractivity contribution in [3.05, 3.63) is 11.8 Å². The molecule has 1 aliphatic heterocycles. The van der Waals surface area contributed by atoms with Gasteiger partial charge >= 0.3 is 0 Å². The van der Waals surface area contributed by atoms with Gasteiger partial charge in [-0.05, 0) is 6.42 Å². The van der Waals surface area contributed by atoms with Crippen LogP contribution in [0.2, 0.25) is 0 Å². The summed E-state index contributed by atoms with van der Waals surface area (Å²) in [6.45, 7) is 1.55. The Kier molecular flexibility index (Phi) is 2.52. The van der Waals surface area contributed by atoms with Gasteiger partial charge in [0.25, 0.3) is 0 Å². The molecule has 4 heteroatoms. The van der Waals surface area contributed by atoms with Gasteiger partial charge in [-0.25, -0.2) is 0 Å². The number of hydrogen-bond donors (Lipinski definition) is 2. The number of allylic oxidation sites excluding steroid dienone is 2. The number of ketones is 1. The van der Waals surface area contributed by atoms with Gasteiger partial charge in [-0.2, -0.15) is 0 Å². The third kappa shape index (κ3) is 2.13. The van der Waals surface area contributed by atoms with Crippen LogP contribution >= 0.6 is 0 Å². The highest BCUT2D eigenvalue weighted by molar-refractivity contribution is 5.92. The van der Waals surface area contributed by atoms with E-state index >= 15 is 0 Å². The maximum absolute atomic E-state index is 10.9. The lowest BCUT2D eigenvalue weighted by Gasteiger charge is -2.10. The quantitative estimate of drug-likeness (QED) is 0.662. The van der Waals surface area contributed by atoms with Gasteiger partial charge in [-0.3, -0.25) is 9.59 Å². The SMILES string of the molecule is O=C1C=C(NCC2CNC(=O)C2)CC1. The molecule has 4 nitrogen and oxygen atoms in total. The van der Waals surface area contributed by atoms with Crippen molar-refractivity contribution in [2.45, 2.75) is 19.3 Å². The molecule has 2 rings (SSSR count). The monoisotopic (exact) mass is 194 g/mol. The molecule has 14 heavy (non-hydrogen) atoms. The molecule has 1 saturated heterocycles. The van der Waals surface area contributed by atoms with E-state index in [-0.39, 0.29) is 11.7 Å². The van der Waals surface area contributed by atoms with Crippen LogP contribution in [0.5, 0.6) is 0 Å². The summed E-state index contributed by atoms with van der Waals surface area (Å²) in [4.78, 5) is 21.8. The first-order valence-electron chi connectivity index (χ1n) is 4.98. The Balaban J connectivity index is 1.75. The maximum atomic E-state index is 10.9. The lowest BCUT2D eigenvalue weighted by Crippen LogP contribution is -2.23. The first-order valence-corrected chi connectivity index (χ1v) is 4.98. The zero-order chi connectivity index (χ0) is 9.97. The van der Waals surface area contributed by atoms with E-state index in [0.717, 1.165) is 25.2 Å². The number of nitrogens with one attached hydrogen (secondary N) is 2. The van der Waals surface area contributed by atoms with E-state index in [1.54, 1.807) is 6.08 Å². The van der Waals surface area contributed by atoms with Crippen molar-refractivity contribution in [1.82, 2.24) is 10.6 Å². The van der Waals surface area contributed by atoms with Crippen LogP contribution in [-0.4, -0.2) is 24.8 Å². The third-order valence-corrected chi connectivity index (χ3v) is 2.66. The van der Waals surface area contributed by atoms with Crippen LogP contribution in [0.4, 0.5) is 0 Å². The van der Waals surface area contributed by atoms with Crippen molar-refractivity contribution < 1.29 is 9.59 Å². The van der Waals surface area contributed by atoms with Crippen LogP contribution in [-0.2, 0) is 9.59 Å². The van der Waals surface area contributed by atoms with Gasteiger partial charge in [0.1, 0.15) is 0 Å². The highest BCUT2D eigenvalue weighted by Crippen LogP contribution is 2.13. The molecule has 76 valence electrons. The molecule has 0 aromatic heterocycles. The van der Waals surface area contributed by atoms with Crippen molar-refractivity contribution in [2.24, 2.45) is 5.92 Å². The Bertz CT molecular complexity index is 296. The molecule has 0 aromatic rings. The predicted molar refractivity (Wildman–Crippen MR) is 51.4 cm³/mol. The minimum Gasteiger partial charge on any atom is -0.388 e. The summed E-state index contributed by atoms with van der Waals surface area (Å²) in [5, 5.41) is 6.01. The molecule has 0 bridgehead atoms. The molecule has 0 saturated carbocycles. The highest BCUT2D eigenvalue weighted by Gasteiger charge is 2.21. The van der Waals surface area contributed by atoms with Crippen molar-refractivity contribution in [3.63, 3.8) is 0 Å². The van der Waals surface area contributed by atoms with Crippen LogP contribution in [0.25, 0.3) is 0 Å². The molecular formula is C10H14N2O2. The second-order valence-electron chi connectivity index (χ2n) is 3.89. The third-order valence-electron chi connectivity index (χ3n) is 2.66. The van der Waals surface area contributed by atoms with Gasteiger partial charge in [0, 0.05) is 43.6 Å². The van der Waals surface area contributed by atoms with Crippen molar-refractivity contribution >= 4 is 11.7 Å². The normalized spacial score (nSPS) is 26.3. The Hall–Kier alpha value is -1.32. The number of carbonyl (C=O) groups excluding carboxylic acids is 2. The summed E-state index contributed by atoms with van der Waals surface area (Å²) >= 11 is 0. The second-order valence-corrected chi connectivity index (χ2v) is 3.89. The standard InChI is InChI=1S/C10H14N2O2/c13-9-2-1-8(4-9)11-5-7-3-10(14)12-6-7/h4,7,11H,1-3,5-6H2,(H,12,14). The van der Waals surface area contributed by atoms with Crippen LogP contribution in [0.1, 0.15) is 19.3 Å². The summed E-state index contributed by atoms with van der Waals surface area (Å²) < 4.78 is 0. The summed E-state index contributed by atoms with van der Waals surface area (Å²) in [6, 6.07) is 0. The fourth-order valence-corrected chi connectivity index (χ4v) is 1.82. The number of hydrogen-bond acceptors (Lipinski definition) is 3. The predicted octanol–water partition coefficient (Wildman–Crippen LogP) is -0.0411. The molecule has 2 N–H and O–H groups in total. The minimum absolute atomic E-state index is 0.133. The minimum atomic E-state index is 0.133. The largest absolute Gasteiger partial charge is 0.388 e. The molecule has 1 atom stereocenters. The zero-order valence-electron chi connectivity index (χ0n) is 8.01. The van der Waals surface area contributed by atoms with E-state index in [2.05, 4.69) is 10.6 Å². The molecule has 0 spiro atoms. The number of rotatable bonds is 3. The van der Waals surface area contributed by atoms with E-state index in [1.807, 2.05) is 0 Å². The summed E-state index contributed by atoms with van der Waals surface area (Å²) in [5.41, 5.74) is 1.02. The molecule has 1 fully saturated rings. The van der Waals surface area contributed by atoms with E-state index < -0.39 is 0 Å². The average molecular weight is 194 g/mol. The fourth-order valence-electron chi connectivity index (χ4n) is 1.82. The highest BCUT2D eigenvalue weighted by atomic mass is 16.1. The second kappa shape index (κ2) is 3.82. The Morgan fingerprint density at radius 3 is 2.86 bits per heavy atom. The van der Waals surface area contributed by atoms with Crippen LogP contribution < -0.4 is 10.6 Å². The van der Waals surface area contributed by atoms with Crippen LogP contribution in [0.15, 0.2) is 11.8 Å². The zero-order valence-corrected chi connectivity index (χ0v) is 8.01. The first-order chi connectivity index (χ1) is 6.74. The average Bonchev–Trinajstić information content (AvgIpc) is 2.72. The van der Waals surface area contributed by atoms with E-state index in [9.17, 15) is 9.59 Å². The van der Waals surface area contributed by atoms with Gasteiger partial charge in [-0.1, -0.05) is 0 Å². The first kappa shape index (κ1) is 9.24. The molecular weight excluding hydrogens is 180 g/mol. The Morgan fingerprint density at radius 1 is 1.43 bits per heavy atom. The van der Waals surface area contributed by atoms with E-state index in [4.69, 9.17) is 0 Å². The Labute approximate surface area is 82.7 Å². The van der Waals surface area contributed by atoms with Gasteiger partial charge in [0.2, 0.25) is 5.91 Å². The van der Waals surface area contributed by atoms with Gasteiger partial charge in [0.15, 0.2) is 5.78 Å². The lowest BCUT2D eigenvalue weighted by atomic mass is 10.1. The molecule has 1 heterocycles. The van der Waals surface area contributed by atoms with Crippen molar-refractivity contribution in [2.75, 3.05) is 13.1 Å². The number of amides is 1. The Morgan fingerprint density at radius 2 is 2.29 bits per heavy atom. The van der Waals surface area contributed by atoms with Crippen LogP contribution in [0.3, 0.4) is 0 Å². The van der Waals surface area contributed by atoms with E-state index in [1.165, 1.54) is 0 Å².